The van der Waals surface area contributed by atoms with Crippen molar-refractivity contribution in [3.05, 3.63) is 39.9 Å². The molecule has 5 nitrogen and oxygen atoms in total. The van der Waals surface area contributed by atoms with Crippen LogP contribution >= 0.6 is 11.6 Å². The molecular formula is C17H20ClN4O+. The molecule has 3 aromatic rings. The number of likely N-dealkylation sites (tertiary alicyclic amines) is 1. The first-order chi connectivity index (χ1) is 11.2. The maximum absolute atomic E-state index is 12.8. The summed E-state index contributed by atoms with van der Waals surface area (Å²) in [5.74, 6) is 0. The van der Waals surface area contributed by atoms with Crippen LogP contribution in [-0.4, -0.2) is 33.7 Å². The van der Waals surface area contributed by atoms with Crippen LogP contribution in [0.25, 0.3) is 21.9 Å². The summed E-state index contributed by atoms with van der Waals surface area (Å²) >= 11 is 6.06. The van der Waals surface area contributed by atoms with Gasteiger partial charge in [0.1, 0.15) is 17.1 Å². The van der Waals surface area contributed by atoms with Gasteiger partial charge in [-0.15, -0.1) is 0 Å². The predicted molar refractivity (Wildman–Crippen MR) is 92.3 cm³/mol. The van der Waals surface area contributed by atoms with Crippen LogP contribution in [0.4, 0.5) is 0 Å². The lowest BCUT2D eigenvalue weighted by molar-refractivity contribution is -0.911. The van der Waals surface area contributed by atoms with Crippen LogP contribution in [-0.2, 0) is 6.54 Å². The van der Waals surface area contributed by atoms with Crippen molar-refractivity contribution in [2.24, 2.45) is 0 Å². The highest BCUT2D eigenvalue weighted by atomic mass is 35.5. The van der Waals surface area contributed by atoms with Gasteiger partial charge in [-0.05, 0) is 25.1 Å². The van der Waals surface area contributed by atoms with E-state index in [2.05, 4.69) is 16.9 Å². The number of benzene rings is 1. The average molecular weight is 332 g/mol. The second-order valence-corrected chi connectivity index (χ2v) is 6.78. The minimum atomic E-state index is 0.00433. The summed E-state index contributed by atoms with van der Waals surface area (Å²) < 4.78 is 1.75. The van der Waals surface area contributed by atoms with E-state index in [0.29, 0.717) is 22.1 Å². The zero-order chi connectivity index (χ0) is 16.0. The third-order valence-electron chi connectivity index (χ3n) is 5.03. The van der Waals surface area contributed by atoms with Gasteiger partial charge < -0.3 is 9.88 Å². The Labute approximate surface area is 138 Å². The van der Waals surface area contributed by atoms with E-state index in [0.717, 1.165) is 24.0 Å². The number of nitrogens with one attached hydrogen (secondary N) is 2. The highest BCUT2D eigenvalue weighted by Gasteiger charge is 2.27. The monoisotopic (exact) mass is 331 g/mol. The summed E-state index contributed by atoms with van der Waals surface area (Å²) in [6.07, 6.45) is 4.10. The molecule has 2 aromatic heterocycles. The van der Waals surface area contributed by atoms with Crippen LogP contribution in [0.3, 0.4) is 0 Å². The molecule has 4 rings (SSSR count). The zero-order valence-electron chi connectivity index (χ0n) is 13.1. The van der Waals surface area contributed by atoms with Crippen molar-refractivity contribution in [3.8, 4) is 0 Å². The summed E-state index contributed by atoms with van der Waals surface area (Å²) in [6, 6.07) is 6.07. The van der Waals surface area contributed by atoms with Crippen LogP contribution in [0.1, 0.15) is 19.8 Å². The molecular weight excluding hydrogens is 312 g/mol. The lowest BCUT2D eigenvalue weighted by atomic mass is 10.2. The summed E-state index contributed by atoms with van der Waals surface area (Å²) in [4.78, 5) is 22.1. The number of H-pyrrole nitrogens is 1. The van der Waals surface area contributed by atoms with E-state index < -0.39 is 0 Å². The van der Waals surface area contributed by atoms with E-state index in [1.165, 1.54) is 19.4 Å². The number of quaternary nitrogens is 1. The smallest absolute Gasteiger partial charge is 0.277 e. The molecule has 1 aliphatic heterocycles. The molecule has 0 bridgehead atoms. The van der Waals surface area contributed by atoms with E-state index in [9.17, 15) is 4.79 Å². The number of halogens is 1. The number of fused-ring (bicyclic) bond motifs is 3. The number of aromatic amines is 1. The fraction of sp³-hybridized carbons (Fsp3) is 0.412. The van der Waals surface area contributed by atoms with E-state index in [4.69, 9.17) is 11.6 Å². The predicted octanol–water partition coefficient (Wildman–Crippen LogP) is 1.60. The molecule has 0 saturated carbocycles. The molecule has 0 aliphatic carbocycles. The molecule has 2 N–H and O–H groups in total. The van der Waals surface area contributed by atoms with Gasteiger partial charge in [-0.2, -0.15) is 0 Å². The average Bonchev–Trinajstić information content (AvgIpc) is 3.14. The largest absolute Gasteiger partial charge is 0.349 e. The molecule has 1 unspecified atom stereocenters. The Balaban J connectivity index is 1.79. The number of likely N-dealkylation sites (N-methyl/N-ethyl adjacent to an activating group) is 1. The first-order valence-electron chi connectivity index (χ1n) is 8.18. The zero-order valence-corrected chi connectivity index (χ0v) is 13.9. The van der Waals surface area contributed by atoms with Crippen LogP contribution < -0.4 is 10.5 Å². The van der Waals surface area contributed by atoms with Crippen LogP contribution in [0.2, 0.25) is 5.02 Å². The van der Waals surface area contributed by atoms with Gasteiger partial charge in [0.25, 0.3) is 5.56 Å². The highest BCUT2D eigenvalue weighted by Crippen LogP contribution is 2.24. The van der Waals surface area contributed by atoms with Gasteiger partial charge in [0.15, 0.2) is 0 Å². The number of nitrogens with zero attached hydrogens (tertiary/aromatic N) is 2. The molecule has 23 heavy (non-hydrogen) atoms. The van der Waals surface area contributed by atoms with Crippen molar-refractivity contribution in [1.29, 1.82) is 0 Å². The summed E-state index contributed by atoms with van der Waals surface area (Å²) in [7, 11) is 0. The molecule has 1 aromatic carbocycles. The summed E-state index contributed by atoms with van der Waals surface area (Å²) in [5, 5.41) is 1.55. The maximum atomic E-state index is 12.8. The summed E-state index contributed by atoms with van der Waals surface area (Å²) in [6.45, 7) is 5.26. The van der Waals surface area contributed by atoms with Crippen molar-refractivity contribution in [2.75, 3.05) is 13.1 Å². The second kappa shape index (κ2) is 5.65. The second-order valence-electron chi connectivity index (χ2n) is 6.34. The van der Waals surface area contributed by atoms with Crippen molar-refractivity contribution in [3.63, 3.8) is 0 Å². The lowest BCUT2D eigenvalue weighted by Crippen LogP contribution is -3.13. The van der Waals surface area contributed by atoms with Crippen molar-refractivity contribution in [1.82, 2.24) is 14.5 Å². The Morgan fingerprint density at radius 3 is 3.17 bits per heavy atom. The fourth-order valence-electron chi connectivity index (χ4n) is 3.80. The Morgan fingerprint density at radius 2 is 2.35 bits per heavy atom. The number of aromatic nitrogens is 3. The van der Waals surface area contributed by atoms with Gasteiger partial charge in [-0.25, -0.2) is 4.98 Å². The van der Waals surface area contributed by atoms with Crippen molar-refractivity contribution in [2.45, 2.75) is 32.4 Å². The van der Waals surface area contributed by atoms with Gasteiger partial charge in [0.2, 0.25) is 0 Å². The molecule has 120 valence electrons. The molecule has 1 aliphatic rings. The van der Waals surface area contributed by atoms with Gasteiger partial charge >= 0.3 is 0 Å². The Hall–Kier alpha value is -1.85. The molecule has 6 heteroatoms. The molecule has 0 spiro atoms. The Morgan fingerprint density at radius 1 is 1.48 bits per heavy atom. The Kier molecular flexibility index (Phi) is 3.62. The van der Waals surface area contributed by atoms with Gasteiger partial charge in [0.05, 0.1) is 26.0 Å². The van der Waals surface area contributed by atoms with Gasteiger partial charge in [-0.1, -0.05) is 11.6 Å². The highest BCUT2D eigenvalue weighted by molar-refractivity contribution is 6.31. The maximum Gasteiger partial charge on any atom is 0.277 e. The number of rotatable bonds is 3. The van der Waals surface area contributed by atoms with Crippen LogP contribution in [0.15, 0.2) is 29.3 Å². The van der Waals surface area contributed by atoms with E-state index in [1.807, 2.05) is 18.2 Å². The van der Waals surface area contributed by atoms with E-state index in [1.54, 1.807) is 15.8 Å². The lowest BCUT2D eigenvalue weighted by Gasteiger charge is -2.20. The van der Waals surface area contributed by atoms with Crippen molar-refractivity contribution < 1.29 is 4.90 Å². The minimum Gasteiger partial charge on any atom is -0.349 e. The standard InChI is InChI=1S/C17H19ClN4O/c1-2-21-7-3-4-12(21)9-22-10-19-15-13-8-11(18)5-6-14(13)20-16(15)17(22)23/h5-6,8,10,12,20H,2-4,7,9H2,1H3/p+1/t12-/m0/s1. The third kappa shape index (κ3) is 2.44. The van der Waals surface area contributed by atoms with Gasteiger partial charge in [-0.3, -0.25) is 9.36 Å². The van der Waals surface area contributed by atoms with Crippen molar-refractivity contribution >= 4 is 33.5 Å². The normalized spacial score (nSPS) is 21.5. The van der Waals surface area contributed by atoms with E-state index >= 15 is 0 Å². The first kappa shape index (κ1) is 14.7. The fourth-order valence-corrected chi connectivity index (χ4v) is 3.97. The molecule has 0 radical (unpaired) electrons. The molecule has 3 heterocycles. The van der Waals surface area contributed by atoms with E-state index in [-0.39, 0.29) is 5.56 Å². The first-order valence-corrected chi connectivity index (χ1v) is 8.56. The number of hydrogen-bond donors (Lipinski definition) is 2. The molecule has 1 fully saturated rings. The van der Waals surface area contributed by atoms with Crippen LogP contribution in [0.5, 0.6) is 0 Å². The minimum absolute atomic E-state index is 0.00433. The SMILES string of the molecule is CC[NH+]1CCC[C@H]1Cn1cnc2c([nH]c3ccc(Cl)cc32)c1=O. The molecule has 0 amide bonds. The number of hydrogen-bond acceptors (Lipinski definition) is 2. The Bertz CT molecular complexity index is 929. The van der Waals surface area contributed by atoms with Crippen LogP contribution in [0, 0.1) is 0 Å². The van der Waals surface area contributed by atoms with Gasteiger partial charge in [0, 0.05) is 28.8 Å². The summed E-state index contributed by atoms with van der Waals surface area (Å²) in [5.41, 5.74) is 2.17. The molecule has 2 atom stereocenters. The third-order valence-corrected chi connectivity index (χ3v) is 5.27. The molecule has 1 saturated heterocycles. The quantitative estimate of drug-likeness (QED) is 0.766. The topological polar surface area (TPSA) is 55.1 Å².